The maximum Gasteiger partial charge on any atom is 0.336 e. The lowest BCUT2D eigenvalue weighted by atomic mass is 9.95. The van der Waals surface area contributed by atoms with Gasteiger partial charge in [-0.3, -0.25) is 14.8 Å². The summed E-state index contributed by atoms with van der Waals surface area (Å²) in [5, 5.41) is 16.3. The molecule has 3 aromatic rings. The highest BCUT2D eigenvalue weighted by Crippen LogP contribution is 2.28. The molecule has 1 aromatic carbocycles. The van der Waals surface area contributed by atoms with E-state index < -0.39 is 10.5 Å². The van der Waals surface area contributed by atoms with E-state index in [1.165, 1.54) is 11.6 Å². The topological polar surface area (TPSA) is 91.2 Å². The van der Waals surface area contributed by atoms with Gasteiger partial charge in [-0.05, 0) is 55.5 Å². The monoisotopic (exact) mass is 355 g/mol. The Labute approximate surface area is 150 Å². The van der Waals surface area contributed by atoms with Gasteiger partial charge in [-0.2, -0.15) is 5.10 Å². The lowest BCUT2D eigenvalue weighted by Crippen LogP contribution is -2.09. The Morgan fingerprint density at radius 2 is 1.92 bits per heavy atom. The van der Waals surface area contributed by atoms with Gasteiger partial charge in [-0.1, -0.05) is 13.8 Å². The van der Waals surface area contributed by atoms with Crippen molar-refractivity contribution in [1.82, 2.24) is 9.78 Å². The number of fused-ring (bicyclic) bond motifs is 1. The van der Waals surface area contributed by atoms with Crippen LogP contribution in [0.15, 0.2) is 27.4 Å². The van der Waals surface area contributed by atoms with Gasteiger partial charge in [0.15, 0.2) is 0 Å². The molecule has 0 saturated heterocycles. The van der Waals surface area contributed by atoms with Gasteiger partial charge in [0.1, 0.15) is 17.0 Å². The molecule has 0 unspecified atom stereocenters. The minimum absolute atomic E-state index is 0.0102. The van der Waals surface area contributed by atoms with E-state index >= 15 is 0 Å². The summed E-state index contributed by atoms with van der Waals surface area (Å²) < 4.78 is 6.93. The molecule has 2 heterocycles. The van der Waals surface area contributed by atoms with E-state index in [9.17, 15) is 14.9 Å². The van der Waals surface area contributed by atoms with Crippen molar-refractivity contribution in [3.8, 4) is 0 Å². The summed E-state index contributed by atoms with van der Waals surface area (Å²) >= 11 is 0. The molecular weight excluding hydrogens is 334 g/mol. The van der Waals surface area contributed by atoms with Crippen LogP contribution < -0.4 is 5.63 Å². The molecule has 0 atom stereocenters. The van der Waals surface area contributed by atoms with Gasteiger partial charge in [-0.15, -0.1) is 0 Å². The zero-order valence-corrected chi connectivity index (χ0v) is 15.5. The molecular formula is C19H21N3O4. The summed E-state index contributed by atoms with van der Waals surface area (Å²) in [5.74, 6) is 0.328. The van der Waals surface area contributed by atoms with Crippen LogP contribution in [0.2, 0.25) is 0 Å². The molecule has 3 rings (SSSR count). The highest BCUT2D eigenvalue weighted by atomic mass is 16.6. The van der Waals surface area contributed by atoms with E-state index in [1.54, 1.807) is 18.5 Å². The maximum atomic E-state index is 12.0. The van der Waals surface area contributed by atoms with Gasteiger partial charge < -0.3 is 4.42 Å². The van der Waals surface area contributed by atoms with Crippen molar-refractivity contribution >= 4 is 16.7 Å². The van der Waals surface area contributed by atoms with E-state index in [-0.39, 0.29) is 12.2 Å². The Morgan fingerprint density at radius 1 is 1.23 bits per heavy atom. The number of benzene rings is 1. The average Bonchev–Trinajstić information content (AvgIpc) is 2.80. The van der Waals surface area contributed by atoms with Crippen LogP contribution >= 0.6 is 0 Å². The number of aromatic nitrogens is 2. The zero-order valence-electron chi connectivity index (χ0n) is 15.5. The third-order valence-corrected chi connectivity index (χ3v) is 4.68. The molecule has 0 aliphatic rings. The number of aryl methyl sites for hydroxylation is 2. The van der Waals surface area contributed by atoms with E-state index in [2.05, 4.69) is 18.9 Å². The molecule has 0 bridgehead atoms. The van der Waals surface area contributed by atoms with Crippen LogP contribution in [0, 0.1) is 30.9 Å². The Morgan fingerprint density at radius 3 is 2.50 bits per heavy atom. The third kappa shape index (κ3) is 3.00. The molecule has 0 fully saturated rings. The van der Waals surface area contributed by atoms with Crippen molar-refractivity contribution in [3.05, 3.63) is 66.8 Å². The lowest BCUT2D eigenvalue weighted by molar-refractivity contribution is -0.386. The van der Waals surface area contributed by atoms with Gasteiger partial charge in [0, 0.05) is 11.5 Å². The van der Waals surface area contributed by atoms with Gasteiger partial charge in [0.2, 0.25) is 0 Å². The van der Waals surface area contributed by atoms with Crippen molar-refractivity contribution in [2.45, 2.75) is 47.1 Å². The van der Waals surface area contributed by atoms with E-state index in [0.29, 0.717) is 22.9 Å². The molecule has 7 nitrogen and oxygen atoms in total. The van der Waals surface area contributed by atoms with Gasteiger partial charge in [0.05, 0.1) is 11.5 Å². The predicted molar refractivity (Wildman–Crippen MR) is 98.8 cm³/mol. The Kier molecular flexibility index (Phi) is 4.39. The minimum Gasteiger partial charge on any atom is -0.423 e. The third-order valence-electron chi connectivity index (χ3n) is 4.68. The zero-order chi connectivity index (χ0) is 19.2. The second-order valence-corrected chi connectivity index (χ2v) is 6.88. The Hall–Kier alpha value is -2.96. The molecule has 26 heavy (non-hydrogen) atoms. The van der Waals surface area contributed by atoms with Crippen LogP contribution in [-0.2, 0) is 6.54 Å². The minimum atomic E-state index is -0.444. The molecule has 7 heteroatoms. The highest BCUT2D eigenvalue weighted by Gasteiger charge is 2.22. The van der Waals surface area contributed by atoms with Crippen LogP contribution in [0.4, 0.5) is 5.69 Å². The van der Waals surface area contributed by atoms with Gasteiger partial charge in [0.25, 0.3) is 0 Å². The van der Waals surface area contributed by atoms with Gasteiger partial charge in [-0.25, -0.2) is 4.79 Å². The molecule has 0 radical (unpaired) electrons. The first-order valence-electron chi connectivity index (χ1n) is 8.44. The SMILES string of the molecule is Cc1cc2oc(=O)cc(Cn3nc(C)c([N+](=O)[O-])c3C)c2cc1C(C)C. The number of nitrogens with zero attached hydrogens (tertiary/aromatic N) is 3. The molecule has 0 spiro atoms. The van der Waals surface area contributed by atoms with E-state index in [1.807, 2.05) is 19.1 Å². The van der Waals surface area contributed by atoms with Crippen molar-refractivity contribution < 1.29 is 9.34 Å². The first-order chi connectivity index (χ1) is 12.2. The second kappa shape index (κ2) is 6.40. The van der Waals surface area contributed by atoms with Crippen LogP contribution in [-0.4, -0.2) is 14.7 Å². The van der Waals surface area contributed by atoms with Crippen molar-refractivity contribution in [2.24, 2.45) is 0 Å². The van der Waals surface area contributed by atoms with E-state index in [0.717, 1.165) is 16.5 Å². The van der Waals surface area contributed by atoms with Crippen molar-refractivity contribution in [3.63, 3.8) is 0 Å². The molecule has 0 aliphatic carbocycles. The number of rotatable bonds is 4. The van der Waals surface area contributed by atoms with Crippen molar-refractivity contribution in [1.29, 1.82) is 0 Å². The molecule has 0 aliphatic heterocycles. The first kappa shape index (κ1) is 17.8. The lowest BCUT2D eigenvalue weighted by Gasteiger charge is -2.13. The molecule has 0 saturated carbocycles. The fraction of sp³-hybridized carbons (Fsp3) is 0.368. The fourth-order valence-corrected chi connectivity index (χ4v) is 3.41. The molecule has 0 amide bonds. The van der Waals surface area contributed by atoms with Gasteiger partial charge >= 0.3 is 11.3 Å². The van der Waals surface area contributed by atoms with E-state index in [4.69, 9.17) is 4.42 Å². The van der Waals surface area contributed by atoms with Crippen LogP contribution in [0.3, 0.4) is 0 Å². The fourth-order valence-electron chi connectivity index (χ4n) is 3.41. The van der Waals surface area contributed by atoms with Crippen LogP contribution in [0.5, 0.6) is 0 Å². The summed E-state index contributed by atoms with van der Waals surface area (Å²) in [7, 11) is 0. The largest absolute Gasteiger partial charge is 0.423 e. The summed E-state index contributed by atoms with van der Waals surface area (Å²) in [4.78, 5) is 22.8. The number of hydrogen-bond acceptors (Lipinski definition) is 5. The second-order valence-electron chi connectivity index (χ2n) is 6.88. The Bertz CT molecular complexity index is 1080. The Balaban J connectivity index is 2.19. The number of hydrogen-bond donors (Lipinski definition) is 0. The van der Waals surface area contributed by atoms with Crippen molar-refractivity contribution in [2.75, 3.05) is 0 Å². The summed E-state index contributed by atoms with van der Waals surface area (Å²) in [6.07, 6.45) is 0. The summed E-state index contributed by atoms with van der Waals surface area (Å²) in [5.41, 5.74) is 3.88. The summed E-state index contributed by atoms with van der Waals surface area (Å²) in [6, 6.07) is 5.34. The van der Waals surface area contributed by atoms with Crippen LogP contribution in [0.25, 0.3) is 11.0 Å². The molecule has 2 aromatic heterocycles. The quantitative estimate of drug-likeness (QED) is 0.401. The average molecular weight is 355 g/mol. The highest BCUT2D eigenvalue weighted by molar-refractivity contribution is 5.82. The predicted octanol–water partition coefficient (Wildman–Crippen LogP) is 3.99. The first-order valence-corrected chi connectivity index (χ1v) is 8.44. The molecule has 136 valence electrons. The molecule has 0 N–H and O–H groups in total. The van der Waals surface area contributed by atoms with Crippen LogP contribution in [0.1, 0.15) is 47.8 Å². The normalized spacial score (nSPS) is 11.5. The smallest absolute Gasteiger partial charge is 0.336 e. The number of nitro groups is 1. The summed E-state index contributed by atoms with van der Waals surface area (Å²) in [6.45, 7) is 9.75. The maximum absolute atomic E-state index is 12.0. The standard InChI is InChI=1S/C19H21N3O4/c1-10(2)15-8-16-14(7-18(23)26-17(16)6-11(15)3)9-21-13(5)19(22(24)25)12(4)20-21/h6-8,10H,9H2,1-5H3.